The monoisotopic (exact) mass is 262 g/mol. The molecule has 0 aromatic carbocycles. The molecule has 19 heavy (non-hydrogen) atoms. The summed E-state index contributed by atoms with van der Waals surface area (Å²) in [6.07, 6.45) is 6.80. The van der Waals surface area contributed by atoms with Gasteiger partial charge < -0.3 is 10.2 Å². The minimum absolute atomic E-state index is 0.559. The molecule has 2 rings (SSSR count). The van der Waals surface area contributed by atoms with Crippen LogP contribution in [0, 0.1) is 12.3 Å². The zero-order valence-electron chi connectivity index (χ0n) is 12.7. The lowest BCUT2D eigenvalue weighted by Gasteiger charge is -2.41. The number of aromatic nitrogens is 2. The number of piperidine rings is 1. The summed E-state index contributed by atoms with van der Waals surface area (Å²) >= 11 is 0. The number of anilines is 2. The Hall–Kier alpha value is -1.32. The second-order valence-corrected chi connectivity index (χ2v) is 5.62. The molecule has 1 fully saturated rings. The van der Waals surface area contributed by atoms with Crippen molar-refractivity contribution in [1.29, 1.82) is 0 Å². The summed E-state index contributed by atoms with van der Waals surface area (Å²) in [5, 5.41) is 3.14. The van der Waals surface area contributed by atoms with Crippen LogP contribution in [0.1, 0.15) is 45.1 Å². The van der Waals surface area contributed by atoms with E-state index in [-0.39, 0.29) is 0 Å². The van der Waals surface area contributed by atoms with Crippen molar-refractivity contribution in [2.75, 3.05) is 30.4 Å². The molecule has 1 aromatic heterocycles. The van der Waals surface area contributed by atoms with Crippen molar-refractivity contribution in [2.24, 2.45) is 5.41 Å². The van der Waals surface area contributed by atoms with Gasteiger partial charge in [-0.25, -0.2) is 9.97 Å². The van der Waals surface area contributed by atoms with Gasteiger partial charge in [0, 0.05) is 25.7 Å². The fourth-order valence-corrected chi connectivity index (χ4v) is 3.16. The SMILES string of the molecule is CCC1(CC)CCN(c2ncnc(NC)c2C)CC1. The van der Waals surface area contributed by atoms with Crippen LogP contribution >= 0.6 is 0 Å². The maximum Gasteiger partial charge on any atom is 0.137 e. The van der Waals surface area contributed by atoms with Gasteiger partial charge in [-0.15, -0.1) is 0 Å². The second-order valence-electron chi connectivity index (χ2n) is 5.62. The van der Waals surface area contributed by atoms with E-state index in [1.807, 2.05) is 7.05 Å². The normalized spacial score (nSPS) is 18.4. The predicted molar refractivity (Wildman–Crippen MR) is 80.8 cm³/mol. The zero-order chi connectivity index (χ0) is 13.9. The summed E-state index contributed by atoms with van der Waals surface area (Å²) in [5.41, 5.74) is 1.72. The first-order chi connectivity index (χ1) is 9.15. The Labute approximate surface area is 116 Å². The van der Waals surface area contributed by atoms with Crippen LogP contribution in [-0.2, 0) is 0 Å². The van der Waals surface area contributed by atoms with Gasteiger partial charge in [0.25, 0.3) is 0 Å². The molecule has 0 unspecified atom stereocenters. The Kier molecular flexibility index (Phi) is 4.27. The van der Waals surface area contributed by atoms with Gasteiger partial charge in [-0.1, -0.05) is 26.7 Å². The summed E-state index contributed by atoms with van der Waals surface area (Å²) in [5.74, 6) is 2.04. The third kappa shape index (κ3) is 2.67. The van der Waals surface area contributed by atoms with Gasteiger partial charge >= 0.3 is 0 Å². The molecule has 0 radical (unpaired) electrons. The molecule has 4 heteroatoms. The highest BCUT2D eigenvalue weighted by molar-refractivity contribution is 5.57. The van der Waals surface area contributed by atoms with Crippen molar-refractivity contribution < 1.29 is 0 Å². The molecule has 1 N–H and O–H groups in total. The largest absolute Gasteiger partial charge is 0.373 e. The molecule has 0 saturated carbocycles. The first-order valence-electron chi connectivity index (χ1n) is 7.40. The quantitative estimate of drug-likeness (QED) is 0.904. The molecule has 0 aliphatic carbocycles. The molecular formula is C15H26N4. The summed E-state index contributed by atoms with van der Waals surface area (Å²) in [7, 11) is 1.91. The number of nitrogens with zero attached hydrogens (tertiary/aromatic N) is 3. The number of nitrogens with one attached hydrogen (secondary N) is 1. The summed E-state index contributed by atoms with van der Waals surface area (Å²) in [4.78, 5) is 11.2. The van der Waals surface area contributed by atoms with Crippen LogP contribution in [0.5, 0.6) is 0 Å². The predicted octanol–water partition coefficient (Wildman–Crippen LogP) is 3.23. The van der Waals surface area contributed by atoms with Crippen LogP contribution in [0.4, 0.5) is 11.6 Å². The van der Waals surface area contributed by atoms with Gasteiger partial charge in [0.05, 0.1) is 0 Å². The lowest BCUT2D eigenvalue weighted by molar-refractivity contribution is 0.199. The molecule has 1 saturated heterocycles. The average molecular weight is 262 g/mol. The average Bonchev–Trinajstić information content (AvgIpc) is 2.48. The number of hydrogen-bond acceptors (Lipinski definition) is 4. The molecule has 1 aromatic rings. The van der Waals surface area contributed by atoms with E-state index in [0.29, 0.717) is 5.41 Å². The Morgan fingerprint density at radius 3 is 2.37 bits per heavy atom. The van der Waals surface area contributed by atoms with Crippen molar-refractivity contribution in [3.8, 4) is 0 Å². The molecule has 0 spiro atoms. The smallest absolute Gasteiger partial charge is 0.137 e. The van der Waals surface area contributed by atoms with E-state index in [1.165, 1.54) is 25.7 Å². The van der Waals surface area contributed by atoms with Crippen LogP contribution in [-0.4, -0.2) is 30.1 Å². The van der Waals surface area contributed by atoms with Crippen molar-refractivity contribution in [3.63, 3.8) is 0 Å². The highest BCUT2D eigenvalue weighted by Crippen LogP contribution is 2.39. The highest BCUT2D eigenvalue weighted by atomic mass is 15.2. The summed E-state index contributed by atoms with van der Waals surface area (Å²) in [6.45, 7) is 8.98. The summed E-state index contributed by atoms with van der Waals surface area (Å²) in [6, 6.07) is 0. The third-order valence-electron chi connectivity index (χ3n) is 4.92. The second kappa shape index (κ2) is 5.76. The van der Waals surface area contributed by atoms with E-state index < -0.39 is 0 Å². The van der Waals surface area contributed by atoms with Crippen molar-refractivity contribution in [1.82, 2.24) is 9.97 Å². The molecular weight excluding hydrogens is 236 g/mol. The molecule has 1 aliphatic rings. The zero-order valence-corrected chi connectivity index (χ0v) is 12.7. The fraction of sp³-hybridized carbons (Fsp3) is 0.733. The molecule has 0 atom stereocenters. The van der Waals surface area contributed by atoms with E-state index >= 15 is 0 Å². The standard InChI is InChI=1S/C15H26N4/c1-5-15(6-2)7-9-19(10-8-15)14-12(3)13(16-4)17-11-18-14/h11H,5-10H2,1-4H3,(H,16,17,18). The molecule has 2 heterocycles. The van der Waals surface area contributed by atoms with Crippen LogP contribution in [0.2, 0.25) is 0 Å². The van der Waals surface area contributed by atoms with Crippen molar-refractivity contribution >= 4 is 11.6 Å². The van der Waals surface area contributed by atoms with Crippen LogP contribution < -0.4 is 10.2 Å². The Morgan fingerprint density at radius 1 is 1.21 bits per heavy atom. The van der Waals surface area contributed by atoms with Crippen molar-refractivity contribution in [3.05, 3.63) is 11.9 Å². The van der Waals surface area contributed by atoms with Gasteiger partial charge in [-0.05, 0) is 25.2 Å². The fourth-order valence-electron chi connectivity index (χ4n) is 3.16. The number of hydrogen-bond donors (Lipinski definition) is 1. The lowest BCUT2D eigenvalue weighted by Crippen LogP contribution is -2.40. The van der Waals surface area contributed by atoms with E-state index in [2.05, 4.69) is 41.0 Å². The van der Waals surface area contributed by atoms with E-state index in [9.17, 15) is 0 Å². The van der Waals surface area contributed by atoms with Crippen LogP contribution in [0.25, 0.3) is 0 Å². The minimum Gasteiger partial charge on any atom is -0.373 e. The minimum atomic E-state index is 0.559. The van der Waals surface area contributed by atoms with Gasteiger partial charge in [-0.3, -0.25) is 0 Å². The Morgan fingerprint density at radius 2 is 1.84 bits per heavy atom. The highest BCUT2D eigenvalue weighted by Gasteiger charge is 2.32. The first kappa shape index (κ1) is 14.1. The van der Waals surface area contributed by atoms with Gasteiger partial charge in [0.2, 0.25) is 0 Å². The topological polar surface area (TPSA) is 41.1 Å². The van der Waals surface area contributed by atoms with Crippen LogP contribution in [0.15, 0.2) is 6.33 Å². The van der Waals surface area contributed by atoms with Gasteiger partial charge in [0.1, 0.15) is 18.0 Å². The molecule has 4 nitrogen and oxygen atoms in total. The molecule has 0 bridgehead atoms. The van der Waals surface area contributed by atoms with E-state index in [0.717, 1.165) is 30.3 Å². The van der Waals surface area contributed by atoms with Gasteiger partial charge in [0.15, 0.2) is 0 Å². The molecule has 0 amide bonds. The lowest BCUT2D eigenvalue weighted by atomic mass is 9.74. The molecule has 1 aliphatic heterocycles. The molecule has 106 valence electrons. The Bertz CT molecular complexity index is 416. The van der Waals surface area contributed by atoms with Crippen LogP contribution in [0.3, 0.4) is 0 Å². The maximum atomic E-state index is 4.48. The number of rotatable bonds is 4. The summed E-state index contributed by atoms with van der Waals surface area (Å²) < 4.78 is 0. The van der Waals surface area contributed by atoms with Crippen molar-refractivity contribution in [2.45, 2.75) is 46.5 Å². The maximum absolute atomic E-state index is 4.48. The third-order valence-corrected chi connectivity index (χ3v) is 4.92. The van der Waals surface area contributed by atoms with Gasteiger partial charge in [-0.2, -0.15) is 0 Å². The van der Waals surface area contributed by atoms with E-state index in [4.69, 9.17) is 0 Å². The van der Waals surface area contributed by atoms with E-state index in [1.54, 1.807) is 6.33 Å². The Balaban J connectivity index is 2.14. The first-order valence-corrected chi connectivity index (χ1v) is 7.40.